The van der Waals surface area contributed by atoms with Crippen molar-refractivity contribution in [2.24, 2.45) is 11.7 Å². The number of hydrogen-bond acceptors (Lipinski definition) is 3. The second-order valence-corrected chi connectivity index (χ2v) is 4.04. The second-order valence-electron chi connectivity index (χ2n) is 4.04. The Morgan fingerprint density at radius 1 is 1.38 bits per heavy atom. The normalized spacial score (nSPS) is 28.9. The van der Waals surface area contributed by atoms with Gasteiger partial charge in [-0.25, -0.2) is 0 Å². The molecule has 0 bridgehead atoms. The van der Waals surface area contributed by atoms with Crippen LogP contribution in [-0.4, -0.2) is 18.1 Å². The summed E-state index contributed by atoms with van der Waals surface area (Å²) in [5.74, 6) is -0.168. The summed E-state index contributed by atoms with van der Waals surface area (Å²) in [6.07, 6.45) is 4.07. The highest BCUT2D eigenvalue weighted by Crippen LogP contribution is 2.24. The zero-order valence-corrected chi connectivity index (χ0v) is 8.45. The van der Waals surface area contributed by atoms with Crippen LogP contribution >= 0.6 is 0 Å². The van der Waals surface area contributed by atoms with Crippen LogP contribution in [0.1, 0.15) is 39.5 Å². The van der Waals surface area contributed by atoms with E-state index in [1.54, 1.807) is 0 Å². The average molecular weight is 185 g/mol. The minimum atomic E-state index is -0.109. The van der Waals surface area contributed by atoms with Crippen molar-refractivity contribution >= 4 is 5.97 Å². The van der Waals surface area contributed by atoms with Crippen molar-refractivity contribution < 1.29 is 9.53 Å². The lowest BCUT2D eigenvalue weighted by Crippen LogP contribution is -2.39. The van der Waals surface area contributed by atoms with Gasteiger partial charge in [0.05, 0.1) is 12.0 Å². The monoisotopic (exact) mass is 185 g/mol. The molecule has 2 atom stereocenters. The van der Waals surface area contributed by atoms with Gasteiger partial charge < -0.3 is 10.5 Å². The molecule has 1 aliphatic carbocycles. The number of ether oxygens (including phenoxy) is 1. The number of hydrogen-bond donors (Lipinski definition) is 1. The fourth-order valence-electron chi connectivity index (χ4n) is 1.77. The number of nitrogens with two attached hydrogens (primary N) is 1. The number of esters is 1. The molecule has 2 N–H and O–H groups in total. The minimum Gasteiger partial charge on any atom is -0.463 e. The van der Waals surface area contributed by atoms with E-state index in [1.165, 1.54) is 0 Å². The number of carbonyl (C=O) groups is 1. The van der Waals surface area contributed by atoms with Crippen LogP contribution < -0.4 is 5.73 Å². The van der Waals surface area contributed by atoms with Gasteiger partial charge in [0, 0.05) is 6.04 Å². The van der Waals surface area contributed by atoms with Crippen LogP contribution in [0.4, 0.5) is 0 Å². The predicted octanol–water partition coefficient (Wildman–Crippen LogP) is 1.46. The fourth-order valence-corrected chi connectivity index (χ4v) is 1.77. The quantitative estimate of drug-likeness (QED) is 0.662. The van der Waals surface area contributed by atoms with Crippen LogP contribution in [0.25, 0.3) is 0 Å². The maximum absolute atomic E-state index is 11.5. The SMILES string of the molecule is CC(C)OC(=O)[C@@H]1CCCC[C@@H]1N. The minimum absolute atomic E-state index is 0.0139. The van der Waals surface area contributed by atoms with Crippen molar-refractivity contribution in [1.82, 2.24) is 0 Å². The van der Waals surface area contributed by atoms with E-state index in [2.05, 4.69) is 0 Å². The van der Waals surface area contributed by atoms with E-state index in [1.807, 2.05) is 13.8 Å². The summed E-state index contributed by atoms with van der Waals surface area (Å²) in [5, 5.41) is 0. The van der Waals surface area contributed by atoms with Crippen molar-refractivity contribution in [2.75, 3.05) is 0 Å². The summed E-state index contributed by atoms with van der Waals surface area (Å²) in [4.78, 5) is 11.5. The average Bonchev–Trinajstić information content (AvgIpc) is 2.03. The topological polar surface area (TPSA) is 52.3 Å². The fraction of sp³-hybridized carbons (Fsp3) is 0.900. The third-order valence-electron chi connectivity index (χ3n) is 2.47. The van der Waals surface area contributed by atoms with Gasteiger partial charge >= 0.3 is 5.97 Å². The standard InChI is InChI=1S/C10H19NO2/c1-7(2)13-10(12)8-5-3-4-6-9(8)11/h7-9H,3-6,11H2,1-2H3/t8-,9+/m1/s1. The molecule has 0 spiro atoms. The van der Waals surface area contributed by atoms with Gasteiger partial charge in [0.2, 0.25) is 0 Å². The molecule has 0 aromatic heterocycles. The third-order valence-corrected chi connectivity index (χ3v) is 2.47. The van der Waals surface area contributed by atoms with Crippen LogP contribution in [-0.2, 0) is 9.53 Å². The van der Waals surface area contributed by atoms with Crippen LogP contribution in [0.5, 0.6) is 0 Å². The molecule has 13 heavy (non-hydrogen) atoms. The molecular formula is C10H19NO2. The Hall–Kier alpha value is -0.570. The van der Waals surface area contributed by atoms with Crippen LogP contribution in [0.15, 0.2) is 0 Å². The number of rotatable bonds is 2. The zero-order valence-electron chi connectivity index (χ0n) is 8.45. The largest absolute Gasteiger partial charge is 0.463 e. The van der Waals surface area contributed by atoms with E-state index in [-0.39, 0.29) is 24.0 Å². The highest BCUT2D eigenvalue weighted by Gasteiger charge is 2.29. The highest BCUT2D eigenvalue weighted by atomic mass is 16.5. The molecule has 3 nitrogen and oxygen atoms in total. The van der Waals surface area contributed by atoms with E-state index >= 15 is 0 Å². The second kappa shape index (κ2) is 4.61. The van der Waals surface area contributed by atoms with Crippen molar-refractivity contribution in [1.29, 1.82) is 0 Å². The summed E-state index contributed by atoms with van der Waals surface area (Å²) < 4.78 is 5.14. The first kappa shape index (κ1) is 10.5. The Kier molecular flexibility index (Phi) is 3.72. The first-order valence-corrected chi connectivity index (χ1v) is 5.07. The van der Waals surface area contributed by atoms with Gasteiger partial charge in [-0.15, -0.1) is 0 Å². The molecule has 0 aromatic carbocycles. The Balaban J connectivity index is 2.44. The van der Waals surface area contributed by atoms with Crippen LogP contribution in [0, 0.1) is 5.92 Å². The van der Waals surface area contributed by atoms with Gasteiger partial charge in [-0.05, 0) is 26.7 Å². The molecule has 0 saturated heterocycles. The first-order chi connectivity index (χ1) is 6.11. The lowest BCUT2D eigenvalue weighted by atomic mass is 9.85. The highest BCUT2D eigenvalue weighted by molar-refractivity contribution is 5.73. The lowest BCUT2D eigenvalue weighted by Gasteiger charge is -2.27. The molecule has 0 heterocycles. The van der Waals surface area contributed by atoms with Crippen molar-refractivity contribution in [3.8, 4) is 0 Å². The van der Waals surface area contributed by atoms with E-state index in [0.717, 1.165) is 25.7 Å². The van der Waals surface area contributed by atoms with Crippen molar-refractivity contribution in [3.63, 3.8) is 0 Å². The summed E-state index contributed by atoms with van der Waals surface area (Å²) in [6.45, 7) is 3.73. The van der Waals surface area contributed by atoms with E-state index in [9.17, 15) is 4.79 Å². The summed E-state index contributed by atoms with van der Waals surface area (Å²) in [7, 11) is 0. The molecule has 0 amide bonds. The maximum atomic E-state index is 11.5. The maximum Gasteiger partial charge on any atom is 0.310 e. The Morgan fingerprint density at radius 3 is 2.54 bits per heavy atom. The molecule has 3 heteroatoms. The molecule has 1 fully saturated rings. The number of carbonyl (C=O) groups excluding carboxylic acids is 1. The van der Waals surface area contributed by atoms with E-state index in [4.69, 9.17) is 10.5 Å². The molecule has 0 aliphatic heterocycles. The van der Waals surface area contributed by atoms with Gasteiger partial charge in [0.1, 0.15) is 0 Å². The van der Waals surface area contributed by atoms with Crippen molar-refractivity contribution in [2.45, 2.75) is 51.7 Å². The predicted molar refractivity (Wildman–Crippen MR) is 51.2 cm³/mol. The van der Waals surface area contributed by atoms with Gasteiger partial charge in [0.15, 0.2) is 0 Å². The first-order valence-electron chi connectivity index (χ1n) is 5.07. The van der Waals surface area contributed by atoms with Gasteiger partial charge in [-0.3, -0.25) is 4.79 Å². The van der Waals surface area contributed by atoms with Crippen molar-refractivity contribution in [3.05, 3.63) is 0 Å². The molecule has 0 radical (unpaired) electrons. The summed E-state index contributed by atoms with van der Waals surface area (Å²) in [5.41, 5.74) is 5.85. The summed E-state index contributed by atoms with van der Waals surface area (Å²) in [6, 6.07) is 0.0139. The molecule has 76 valence electrons. The van der Waals surface area contributed by atoms with E-state index in [0.29, 0.717) is 0 Å². The van der Waals surface area contributed by atoms with Gasteiger partial charge in [0.25, 0.3) is 0 Å². The molecule has 1 saturated carbocycles. The molecule has 1 aliphatic rings. The summed E-state index contributed by atoms with van der Waals surface area (Å²) >= 11 is 0. The molecule has 1 rings (SSSR count). The zero-order chi connectivity index (χ0) is 9.84. The Labute approximate surface area is 79.6 Å². The van der Waals surface area contributed by atoms with Gasteiger partial charge in [-0.1, -0.05) is 12.8 Å². The molecule has 0 unspecified atom stereocenters. The molecular weight excluding hydrogens is 166 g/mol. The Morgan fingerprint density at radius 2 is 2.00 bits per heavy atom. The molecule has 0 aromatic rings. The Bertz CT molecular complexity index is 180. The lowest BCUT2D eigenvalue weighted by molar-refractivity contribution is -0.154. The van der Waals surface area contributed by atoms with E-state index < -0.39 is 0 Å². The van der Waals surface area contributed by atoms with Crippen LogP contribution in [0.2, 0.25) is 0 Å². The smallest absolute Gasteiger partial charge is 0.310 e. The van der Waals surface area contributed by atoms with Gasteiger partial charge in [-0.2, -0.15) is 0 Å². The van der Waals surface area contributed by atoms with Crippen LogP contribution in [0.3, 0.4) is 0 Å². The third kappa shape index (κ3) is 2.99.